The Hall–Kier alpha value is -2.04. The Morgan fingerprint density at radius 1 is 1.04 bits per heavy atom. The second-order valence-electron chi connectivity index (χ2n) is 5.50. The summed E-state index contributed by atoms with van der Waals surface area (Å²) in [4.78, 5) is 25.4. The molecule has 0 aromatic heterocycles. The van der Waals surface area contributed by atoms with Crippen LogP contribution >= 0.6 is 23.2 Å². The van der Waals surface area contributed by atoms with Crippen molar-refractivity contribution in [3.8, 4) is 0 Å². The third-order valence-electron chi connectivity index (χ3n) is 3.45. The molecular weight excluding hydrogens is 347 g/mol. The van der Waals surface area contributed by atoms with Crippen molar-refractivity contribution < 1.29 is 9.59 Å². The van der Waals surface area contributed by atoms with Crippen LogP contribution in [0, 0.1) is 6.92 Å². The van der Waals surface area contributed by atoms with Crippen LogP contribution in [0.3, 0.4) is 0 Å². The van der Waals surface area contributed by atoms with Gasteiger partial charge in [0.15, 0.2) is 0 Å². The van der Waals surface area contributed by atoms with Crippen LogP contribution in [0.1, 0.15) is 18.1 Å². The van der Waals surface area contributed by atoms with Gasteiger partial charge in [-0.25, -0.2) is 0 Å². The molecule has 0 spiro atoms. The summed E-state index contributed by atoms with van der Waals surface area (Å²) in [6.45, 7) is 3.70. The van der Waals surface area contributed by atoms with Gasteiger partial charge >= 0.3 is 0 Å². The summed E-state index contributed by atoms with van der Waals surface area (Å²) in [5, 5.41) is 3.62. The molecule has 2 amide bonds. The summed E-state index contributed by atoms with van der Waals surface area (Å²) in [5.74, 6) is -0.527. The lowest BCUT2D eigenvalue weighted by molar-refractivity contribution is -0.123. The molecule has 0 aliphatic carbocycles. The molecular formula is C18H18Cl2N2O2. The molecule has 2 aromatic carbocycles. The standard InChI is InChI=1S/C18H18Cl2N2O2/c1-12-3-5-14(6-4-12)10-21-18(24)11-22(13(2)23)17-8-15(19)7-16(20)9-17/h3-9H,10-11H2,1-2H3,(H,21,24). The van der Waals surface area contributed by atoms with Crippen molar-refractivity contribution in [3.05, 3.63) is 63.6 Å². The third kappa shape index (κ3) is 5.25. The van der Waals surface area contributed by atoms with Gasteiger partial charge in [-0.2, -0.15) is 0 Å². The SMILES string of the molecule is CC(=O)N(CC(=O)NCc1ccc(C)cc1)c1cc(Cl)cc(Cl)c1. The Morgan fingerprint density at radius 3 is 2.17 bits per heavy atom. The van der Waals surface area contributed by atoms with Gasteiger partial charge in [0, 0.05) is 29.2 Å². The predicted octanol–water partition coefficient (Wildman–Crippen LogP) is 3.97. The number of carbonyl (C=O) groups excluding carboxylic acids is 2. The average Bonchev–Trinajstić information content (AvgIpc) is 2.50. The van der Waals surface area contributed by atoms with Crippen molar-refractivity contribution in [1.29, 1.82) is 0 Å². The lowest BCUT2D eigenvalue weighted by Crippen LogP contribution is -2.39. The molecule has 0 bridgehead atoms. The lowest BCUT2D eigenvalue weighted by Gasteiger charge is -2.21. The van der Waals surface area contributed by atoms with Crippen LogP contribution < -0.4 is 10.2 Å². The lowest BCUT2D eigenvalue weighted by atomic mass is 10.1. The molecule has 0 saturated carbocycles. The van der Waals surface area contributed by atoms with Gasteiger partial charge in [-0.3, -0.25) is 9.59 Å². The molecule has 0 fully saturated rings. The second kappa shape index (κ2) is 8.18. The van der Waals surface area contributed by atoms with Gasteiger partial charge in [0.1, 0.15) is 6.54 Å². The zero-order chi connectivity index (χ0) is 17.7. The molecule has 0 saturated heterocycles. The van der Waals surface area contributed by atoms with Crippen molar-refractivity contribution in [2.24, 2.45) is 0 Å². The predicted molar refractivity (Wildman–Crippen MR) is 97.5 cm³/mol. The molecule has 0 heterocycles. The summed E-state index contributed by atoms with van der Waals surface area (Å²) in [5.41, 5.74) is 2.64. The van der Waals surface area contributed by atoms with Crippen molar-refractivity contribution in [2.45, 2.75) is 20.4 Å². The number of nitrogens with zero attached hydrogens (tertiary/aromatic N) is 1. The topological polar surface area (TPSA) is 49.4 Å². The minimum atomic E-state index is -0.265. The van der Waals surface area contributed by atoms with Crippen molar-refractivity contribution in [2.75, 3.05) is 11.4 Å². The number of benzene rings is 2. The van der Waals surface area contributed by atoms with Crippen LogP contribution in [0.2, 0.25) is 10.0 Å². The van der Waals surface area contributed by atoms with E-state index in [1.54, 1.807) is 18.2 Å². The molecule has 0 radical (unpaired) electrons. The molecule has 0 unspecified atom stereocenters. The van der Waals surface area contributed by atoms with Crippen molar-refractivity contribution in [1.82, 2.24) is 5.32 Å². The van der Waals surface area contributed by atoms with Gasteiger partial charge in [-0.1, -0.05) is 53.0 Å². The van der Waals surface area contributed by atoms with E-state index in [-0.39, 0.29) is 18.4 Å². The smallest absolute Gasteiger partial charge is 0.240 e. The molecule has 0 aliphatic heterocycles. The van der Waals surface area contributed by atoms with E-state index in [1.807, 2.05) is 31.2 Å². The van der Waals surface area contributed by atoms with Crippen LogP contribution in [0.4, 0.5) is 5.69 Å². The highest BCUT2D eigenvalue weighted by molar-refractivity contribution is 6.35. The fraction of sp³-hybridized carbons (Fsp3) is 0.222. The Labute approximate surface area is 151 Å². The van der Waals surface area contributed by atoms with Crippen LogP contribution in [-0.4, -0.2) is 18.4 Å². The van der Waals surface area contributed by atoms with Crippen LogP contribution in [-0.2, 0) is 16.1 Å². The number of hydrogen-bond donors (Lipinski definition) is 1. The summed E-state index contributed by atoms with van der Waals surface area (Å²) in [6.07, 6.45) is 0. The highest BCUT2D eigenvalue weighted by Gasteiger charge is 2.16. The van der Waals surface area contributed by atoms with E-state index < -0.39 is 0 Å². The Balaban J connectivity index is 2.03. The normalized spacial score (nSPS) is 10.3. The summed E-state index contributed by atoms with van der Waals surface area (Å²) in [7, 11) is 0. The van der Waals surface area contributed by atoms with Crippen LogP contribution in [0.5, 0.6) is 0 Å². The number of aryl methyl sites for hydroxylation is 1. The molecule has 126 valence electrons. The largest absolute Gasteiger partial charge is 0.350 e. The maximum absolute atomic E-state index is 12.2. The van der Waals surface area contributed by atoms with Gasteiger partial charge in [0.2, 0.25) is 11.8 Å². The Morgan fingerprint density at radius 2 is 1.62 bits per heavy atom. The number of carbonyl (C=O) groups is 2. The molecule has 1 N–H and O–H groups in total. The number of nitrogens with one attached hydrogen (secondary N) is 1. The highest BCUT2D eigenvalue weighted by atomic mass is 35.5. The van der Waals surface area contributed by atoms with Crippen LogP contribution in [0.15, 0.2) is 42.5 Å². The Kier molecular flexibility index (Phi) is 6.23. The van der Waals surface area contributed by atoms with Gasteiger partial charge in [0.25, 0.3) is 0 Å². The minimum Gasteiger partial charge on any atom is -0.350 e. The van der Waals surface area contributed by atoms with Gasteiger partial charge in [-0.15, -0.1) is 0 Å². The zero-order valence-electron chi connectivity index (χ0n) is 13.5. The third-order valence-corrected chi connectivity index (χ3v) is 3.89. The minimum absolute atomic E-state index is 0.0993. The molecule has 24 heavy (non-hydrogen) atoms. The first-order valence-corrected chi connectivity index (χ1v) is 8.17. The van der Waals surface area contributed by atoms with Gasteiger partial charge in [0.05, 0.1) is 0 Å². The first-order chi connectivity index (χ1) is 11.3. The fourth-order valence-electron chi connectivity index (χ4n) is 2.19. The molecule has 0 atom stereocenters. The van der Waals surface area contributed by atoms with Gasteiger partial charge < -0.3 is 10.2 Å². The zero-order valence-corrected chi connectivity index (χ0v) is 15.0. The number of hydrogen-bond acceptors (Lipinski definition) is 2. The van der Waals surface area contributed by atoms with Crippen LogP contribution in [0.25, 0.3) is 0 Å². The van der Waals surface area contributed by atoms with E-state index in [1.165, 1.54) is 11.8 Å². The monoisotopic (exact) mass is 364 g/mol. The number of halogens is 2. The van der Waals surface area contributed by atoms with E-state index in [4.69, 9.17) is 23.2 Å². The number of amides is 2. The van der Waals surface area contributed by atoms with Crippen molar-refractivity contribution in [3.63, 3.8) is 0 Å². The first kappa shape index (κ1) is 18.3. The summed E-state index contributed by atoms with van der Waals surface area (Å²) in [6, 6.07) is 12.6. The molecule has 2 rings (SSSR count). The summed E-state index contributed by atoms with van der Waals surface area (Å²) >= 11 is 11.9. The van der Waals surface area contributed by atoms with E-state index in [0.717, 1.165) is 11.1 Å². The average molecular weight is 365 g/mol. The quantitative estimate of drug-likeness (QED) is 0.872. The fourth-order valence-corrected chi connectivity index (χ4v) is 2.70. The van der Waals surface area contributed by atoms with E-state index in [0.29, 0.717) is 22.3 Å². The molecule has 4 nitrogen and oxygen atoms in total. The maximum Gasteiger partial charge on any atom is 0.240 e. The maximum atomic E-state index is 12.2. The Bertz CT molecular complexity index is 725. The van der Waals surface area contributed by atoms with Gasteiger partial charge in [-0.05, 0) is 30.7 Å². The first-order valence-electron chi connectivity index (χ1n) is 7.41. The summed E-state index contributed by atoms with van der Waals surface area (Å²) < 4.78 is 0. The van der Waals surface area contributed by atoms with E-state index in [9.17, 15) is 9.59 Å². The van der Waals surface area contributed by atoms with E-state index >= 15 is 0 Å². The number of anilines is 1. The van der Waals surface area contributed by atoms with E-state index in [2.05, 4.69) is 5.32 Å². The highest BCUT2D eigenvalue weighted by Crippen LogP contribution is 2.25. The molecule has 2 aromatic rings. The number of rotatable bonds is 5. The second-order valence-corrected chi connectivity index (χ2v) is 6.37. The molecule has 0 aliphatic rings. The molecule has 6 heteroatoms. The van der Waals surface area contributed by atoms with Crippen molar-refractivity contribution >= 4 is 40.7 Å².